The second-order valence-electron chi connectivity index (χ2n) is 6.35. The highest BCUT2D eigenvalue weighted by Gasteiger charge is 2.55. The third-order valence-corrected chi connectivity index (χ3v) is 4.60. The summed E-state index contributed by atoms with van der Waals surface area (Å²) < 4.78 is 39.2. The summed E-state index contributed by atoms with van der Waals surface area (Å²) in [5.41, 5.74) is -1.88. The van der Waals surface area contributed by atoms with Gasteiger partial charge in [-0.1, -0.05) is 18.2 Å². The van der Waals surface area contributed by atoms with Gasteiger partial charge in [-0.2, -0.15) is 18.3 Å². The van der Waals surface area contributed by atoms with Crippen molar-refractivity contribution in [2.45, 2.75) is 25.9 Å². The van der Waals surface area contributed by atoms with Gasteiger partial charge >= 0.3 is 6.18 Å². The summed E-state index contributed by atoms with van der Waals surface area (Å²) in [6.45, 7) is 0.848. The van der Waals surface area contributed by atoms with Crippen LogP contribution in [0.5, 0.6) is 0 Å². The molecule has 8 heteroatoms. The molecule has 1 N–H and O–H groups in total. The lowest BCUT2D eigenvalue weighted by Gasteiger charge is -2.27. The van der Waals surface area contributed by atoms with Crippen molar-refractivity contribution in [1.29, 1.82) is 0 Å². The number of hydrogen-bond donors (Lipinski definition) is 1. The summed E-state index contributed by atoms with van der Waals surface area (Å²) in [4.78, 5) is 25.3. The van der Waals surface area contributed by atoms with Crippen molar-refractivity contribution < 1.29 is 18.0 Å². The summed E-state index contributed by atoms with van der Waals surface area (Å²) in [6.07, 6.45) is -4.60. The Kier molecular flexibility index (Phi) is 3.85. The molecule has 3 rings (SSSR count). The van der Waals surface area contributed by atoms with E-state index in [1.165, 1.54) is 4.90 Å². The minimum atomic E-state index is -4.34. The van der Waals surface area contributed by atoms with Crippen LogP contribution >= 0.6 is 0 Å². The molecular weight excluding hydrogens is 323 g/mol. The maximum absolute atomic E-state index is 13.1. The second-order valence-corrected chi connectivity index (χ2v) is 6.35. The Hall–Kier alpha value is -2.38. The van der Waals surface area contributed by atoms with E-state index in [0.717, 1.165) is 6.92 Å². The maximum atomic E-state index is 13.1. The zero-order chi connectivity index (χ0) is 17.5. The molecule has 24 heavy (non-hydrogen) atoms. The van der Waals surface area contributed by atoms with E-state index in [0.29, 0.717) is 16.5 Å². The molecule has 1 atom stereocenters. The smallest absolute Gasteiger partial charge is 0.341 e. The van der Waals surface area contributed by atoms with Crippen molar-refractivity contribution in [1.82, 2.24) is 15.1 Å². The van der Waals surface area contributed by atoms with Crippen LogP contribution in [-0.4, -0.2) is 40.3 Å². The second kappa shape index (κ2) is 5.61. The highest BCUT2D eigenvalue weighted by molar-refractivity contribution is 5.88. The van der Waals surface area contributed by atoms with Gasteiger partial charge in [0.25, 0.3) is 5.56 Å². The fourth-order valence-electron chi connectivity index (χ4n) is 2.97. The van der Waals surface area contributed by atoms with Crippen LogP contribution in [0.15, 0.2) is 29.1 Å². The lowest BCUT2D eigenvalue weighted by atomic mass is 9.89. The van der Waals surface area contributed by atoms with Gasteiger partial charge in [-0.15, -0.1) is 0 Å². The van der Waals surface area contributed by atoms with Crippen molar-refractivity contribution in [3.05, 3.63) is 40.3 Å². The van der Waals surface area contributed by atoms with Crippen LogP contribution in [0.4, 0.5) is 13.2 Å². The highest BCUT2D eigenvalue weighted by atomic mass is 19.4. The summed E-state index contributed by atoms with van der Waals surface area (Å²) in [5, 5.41) is 7.15. The number of benzene rings is 1. The number of halogens is 3. The van der Waals surface area contributed by atoms with Crippen LogP contribution in [0.1, 0.15) is 19.0 Å². The number of carbonyl (C=O) groups is 1. The van der Waals surface area contributed by atoms with Gasteiger partial charge in [0.1, 0.15) is 0 Å². The first-order chi connectivity index (χ1) is 11.2. The number of alkyl halides is 3. The first-order valence-corrected chi connectivity index (χ1v) is 7.52. The molecular formula is C16H16F3N3O2. The molecule has 1 unspecified atom stereocenters. The minimum absolute atomic E-state index is 0.0656. The lowest BCUT2D eigenvalue weighted by Crippen LogP contribution is -2.40. The number of nitrogens with one attached hydrogen (secondary N) is 1. The number of aromatic amines is 1. The quantitative estimate of drug-likeness (QED) is 0.913. The van der Waals surface area contributed by atoms with Gasteiger partial charge in [-0.05, 0) is 19.4 Å². The number of H-pyrrole nitrogens is 1. The Morgan fingerprint density at radius 3 is 2.62 bits per heavy atom. The third kappa shape index (κ3) is 2.76. The summed E-state index contributed by atoms with van der Waals surface area (Å²) in [6, 6.07) is 6.69. The molecule has 0 saturated carbocycles. The molecule has 1 amide bonds. The van der Waals surface area contributed by atoms with Crippen molar-refractivity contribution in [2.24, 2.45) is 5.41 Å². The van der Waals surface area contributed by atoms with E-state index in [1.54, 1.807) is 24.3 Å². The van der Waals surface area contributed by atoms with Crippen LogP contribution in [0.3, 0.4) is 0 Å². The molecule has 2 aromatic rings. The van der Waals surface area contributed by atoms with Crippen LogP contribution < -0.4 is 5.56 Å². The summed E-state index contributed by atoms with van der Waals surface area (Å²) in [7, 11) is 0. The van der Waals surface area contributed by atoms with Crippen molar-refractivity contribution in [3.63, 3.8) is 0 Å². The topological polar surface area (TPSA) is 66.1 Å². The number of rotatable bonds is 2. The zero-order valence-electron chi connectivity index (χ0n) is 13.0. The number of amides is 1. The van der Waals surface area contributed by atoms with E-state index in [-0.39, 0.29) is 31.5 Å². The van der Waals surface area contributed by atoms with Crippen LogP contribution in [0.25, 0.3) is 10.8 Å². The van der Waals surface area contributed by atoms with Gasteiger partial charge in [0.05, 0.1) is 22.9 Å². The largest absolute Gasteiger partial charge is 0.395 e. The molecule has 1 aliphatic rings. The molecule has 5 nitrogen and oxygen atoms in total. The highest BCUT2D eigenvalue weighted by Crippen LogP contribution is 2.44. The number of carbonyl (C=O) groups excluding carboxylic acids is 1. The molecule has 1 saturated heterocycles. The van der Waals surface area contributed by atoms with E-state index in [1.807, 2.05) is 0 Å². The first kappa shape index (κ1) is 16.5. The van der Waals surface area contributed by atoms with Crippen LogP contribution in [0.2, 0.25) is 0 Å². The van der Waals surface area contributed by atoms with Gasteiger partial charge in [0.2, 0.25) is 5.91 Å². The molecule has 128 valence electrons. The molecule has 0 aliphatic carbocycles. The van der Waals surface area contributed by atoms with Crippen molar-refractivity contribution >= 4 is 16.7 Å². The maximum Gasteiger partial charge on any atom is 0.395 e. The third-order valence-electron chi connectivity index (χ3n) is 4.60. The van der Waals surface area contributed by atoms with Gasteiger partial charge < -0.3 is 4.90 Å². The van der Waals surface area contributed by atoms with Gasteiger partial charge in [-0.3, -0.25) is 9.59 Å². The van der Waals surface area contributed by atoms with Gasteiger partial charge in [0, 0.05) is 18.5 Å². The monoisotopic (exact) mass is 339 g/mol. The Balaban J connectivity index is 1.82. The first-order valence-electron chi connectivity index (χ1n) is 7.52. The van der Waals surface area contributed by atoms with Crippen molar-refractivity contribution in [2.75, 3.05) is 13.1 Å². The summed E-state index contributed by atoms with van der Waals surface area (Å²) in [5.74, 6) is -0.423. The SMILES string of the molecule is CC1(C(F)(F)F)CCN(C(=O)Cc2n[nH]c(=O)c3ccccc23)C1. The van der Waals surface area contributed by atoms with Crippen LogP contribution in [-0.2, 0) is 11.2 Å². The molecule has 1 aromatic carbocycles. The Morgan fingerprint density at radius 1 is 1.33 bits per heavy atom. The number of likely N-dealkylation sites (tertiary alicyclic amines) is 1. The zero-order valence-corrected chi connectivity index (χ0v) is 13.0. The van der Waals surface area contributed by atoms with E-state index in [9.17, 15) is 22.8 Å². The van der Waals surface area contributed by atoms with E-state index in [4.69, 9.17) is 0 Å². The molecule has 1 aliphatic heterocycles. The Bertz CT molecular complexity index is 846. The fourth-order valence-corrected chi connectivity index (χ4v) is 2.97. The number of aromatic nitrogens is 2. The lowest BCUT2D eigenvalue weighted by molar-refractivity contribution is -0.212. The number of nitrogens with zero attached hydrogens (tertiary/aromatic N) is 2. The van der Waals surface area contributed by atoms with Crippen LogP contribution in [0, 0.1) is 5.41 Å². The van der Waals surface area contributed by atoms with Gasteiger partial charge in [0.15, 0.2) is 0 Å². The summed E-state index contributed by atoms with van der Waals surface area (Å²) >= 11 is 0. The molecule has 2 heterocycles. The molecule has 0 bridgehead atoms. The van der Waals surface area contributed by atoms with Gasteiger partial charge in [-0.25, -0.2) is 5.10 Å². The minimum Gasteiger partial charge on any atom is -0.341 e. The predicted molar refractivity (Wildman–Crippen MR) is 81.4 cm³/mol. The molecule has 0 radical (unpaired) electrons. The van der Waals surface area contributed by atoms with E-state index >= 15 is 0 Å². The molecule has 1 fully saturated rings. The average Bonchev–Trinajstić information content (AvgIpc) is 2.94. The molecule has 1 aromatic heterocycles. The fraction of sp³-hybridized carbons (Fsp3) is 0.438. The van der Waals surface area contributed by atoms with E-state index < -0.39 is 17.5 Å². The van der Waals surface area contributed by atoms with Crippen molar-refractivity contribution in [3.8, 4) is 0 Å². The Morgan fingerprint density at radius 2 is 2.00 bits per heavy atom. The number of fused-ring (bicyclic) bond motifs is 1. The standard InChI is InChI=1S/C16H16F3N3O2/c1-15(16(17,18)19)6-7-22(9-15)13(23)8-12-10-4-2-3-5-11(10)14(24)21-20-12/h2-5H,6-9H2,1H3,(H,21,24). The predicted octanol–water partition coefficient (Wildman–Crippen LogP) is 2.27. The van der Waals surface area contributed by atoms with E-state index in [2.05, 4.69) is 10.2 Å². The Labute approximate surface area is 135 Å². The normalized spacial score (nSPS) is 21.4. The molecule has 0 spiro atoms. The number of hydrogen-bond acceptors (Lipinski definition) is 3. The average molecular weight is 339 g/mol.